The van der Waals surface area contributed by atoms with Gasteiger partial charge in [-0.1, -0.05) is 102 Å². The van der Waals surface area contributed by atoms with E-state index < -0.39 is 11.8 Å². The van der Waals surface area contributed by atoms with Gasteiger partial charge in [0.15, 0.2) is 0 Å². The normalized spacial score (nSPS) is 19.2. The van der Waals surface area contributed by atoms with Crippen LogP contribution in [0.3, 0.4) is 0 Å². The van der Waals surface area contributed by atoms with Crippen LogP contribution in [0.1, 0.15) is 126 Å². The summed E-state index contributed by atoms with van der Waals surface area (Å²) in [7, 11) is 0. The van der Waals surface area contributed by atoms with Crippen LogP contribution in [0, 0.1) is 22.6 Å². The van der Waals surface area contributed by atoms with Crippen molar-refractivity contribution in [3.05, 3.63) is 59.4 Å². The number of ether oxygens (including phenoxy) is 1. The lowest BCUT2D eigenvalue weighted by Crippen LogP contribution is -2.31. The molecule has 0 amide bonds. The number of halogens is 1. The molecule has 38 heavy (non-hydrogen) atoms. The second-order valence-electron chi connectivity index (χ2n) is 11.2. The van der Waals surface area contributed by atoms with Crippen LogP contribution in [0.15, 0.2) is 42.5 Å². The van der Waals surface area contributed by atoms with Crippen molar-refractivity contribution in [1.29, 1.82) is 5.26 Å². The molecule has 1 fully saturated rings. The number of nitriles is 1. The first-order valence-corrected chi connectivity index (χ1v) is 15.0. The van der Waals surface area contributed by atoms with Crippen molar-refractivity contribution < 1.29 is 13.9 Å². The summed E-state index contributed by atoms with van der Waals surface area (Å²) >= 11 is 0. The number of carbonyl (C=O) groups is 1. The molecule has 1 aliphatic rings. The molecular weight excluding hydrogens is 473 g/mol. The number of hydrogen-bond donors (Lipinski definition) is 0. The fourth-order valence-electron chi connectivity index (χ4n) is 5.62. The van der Waals surface area contributed by atoms with Crippen molar-refractivity contribution in [2.75, 3.05) is 0 Å². The maximum atomic E-state index is 14.9. The maximum Gasteiger partial charge on any atom is 0.341 e. The van der Waals surface area contributed by atoms with Crippen molar-refractivity contribution in [3.8, 4) is 17.2 Å². The molecule has 3 rings (SSSR count). The zero-order valence-electron chi connectivity index (χ0n) is 23.6. The first kappa shape index (κ1) is 29.9. The lowest BCUT2D eigenvalue weighted by Gasteiger charge is -2.34. The molecule has 0 bridgehead atoms. The third kappa shape index (κ3) is 8.97. The van der Waals surface area contributed by atoms with Crippen LogP contribution in [0.4, 0.5) is 4.39 Å². The highest BCUT2D eigenvalue weighted by molar-refractivity contribution is 5.90. The molecule has 0 aliphatic heterocycles. The van der Waals surface area contributed by atoms with E-state index in [1.54, 1.807) is 6.07 Å². The number of nitrogens with zero attached hydrogens (tertiary/aromatic N) is 1. The van der Waals surface area contributed by atoms with E-state index in [0.717, 1.165) is 43.2 Å². The molecule has 206 valence electrons. The number of hydrogen-bond acceptors (Lipinski definition) is 3. The Morgan fingerprint density at radius 3 is 2.11 bits per heavy atom. The van der Waals surface area contributed by atoms with Crippen molar-refractivity contribution in [2.24, 2.45) is 5.41 Å². The summed E-state index contributed by atoms with van der Waals surface area (Å²) in [6.45, 7) is 4.43. The molecular formula is C34H46FNO2. The molecule has 3 nitrogen and oxygen atoms in total. The number of esters is 1. The van der Waals surface area contributed by atoms with Gasteiger partial charge >= 0.3 is 5.97 Å². The van der Waals surface area contributed by atoms with Crippen molar-refractivity contribution in [1.82, 2.24) is 0 Å². The summed E-state index contributed by atoms with van der Waals surface area (Å²) < 4.78 is 20.6. The molecule has 2 aromatic carbocycles. The summed E-state index contributed by atoms with van der Waals surface area (Å²) in [6, 6.07) is 15.6. The van der Waals surface area contributed by atoms with Gasteiger partial charge in [0.1, 0.15) is 11.9 Å². The molecule has 0 N–H and O–H groups in total. The van der Waals surface area contributed by atoms with Gasteiger partial charge < -0.3 is 4.74 Å². The van der Waals surface area contributed by atoms with E-state index in [1.165, 1.54) is 75.5 Å². The van der Waals surface area contributed by atoms with Gasteiger partial charge in [-0.2, -0.15) is 5.26 Å². The Balaban J connectivity index is 1.49. The number of rotatable bonds is 15. The second kappa shape index (κ2) is 15.7. The minimum Gasteiger partial charge on any atom is -0.459 e. The third-order valence-corrected chi connectivity index (χ3v) is 8.20. The van der Waals surface area contributed by atoms with Crippen LogP contribution in [0.25, 0.3) is 11.1 Å². The summed E-state index contributed by atoms with van der Waals surface area (Å²) in [5, 5.41) is 9.82. The fourth-order valence-corrected chi connectivity index (χ4v) is 5.62. The van der Waals surface area contributed by atoms with Crippen LogP contribution in [0.2, 0.25) is 0 Å². The molecule has 0 saturated heterocycles. The number of unbranched alkanes of at least 4 members (excludes halogenated alkanes) is 8. The van der Waals surface area contributed by atoms with Gasteiger partial charge in [0.25, 0.3) is 0 Å². The van der Waals surface area contributed by atoms with Crippen LogP contribution in [-0.2, 0) is 11.2 Å². The van der Waals surface area contributed by atoms with Crippen LogP contribution in [0.5, 0.6) is 0 Å². The molecule has 0 heterocycles. The Morgan fingerprint density at radius 1 is 0.895 bits per heavy atom. The molecule has 0 spiro atoms. The third-order valence-electron chi connectivity index (χ3n) is 8.20. The fraction of sp³-hybridized carbons (Fsp3) is 0.588. The minimum atomic E-state index is -0.610. The van der Waals surface area contributed by atoms with E-state index in [-0.39, 0.29) is 17.1 Å². The summed E-state index contributed by atoms with van der Waals surface area (Å²) in [6.07, 6.45) is 16.8. The first-order valence-electron chi connectivity index (χ1n) is 15.0. The van der Waals surface area contributed by atoms with E-state index in [0.29, 0.717) is 12.8 Å². The zero-order chi connectivity index (χ0) is 27.2. The van der Waals surface area contributed by atoms with Gasteiger partial charge in [-0.15, -0.1) is 0 Å². The monoisotopic (exact) mass is 519 g/mol. The predicted molar refractivity (Wildman–Crippen MR) is 153 cm³/mol. The number of benzene rings is 2. The van der Waals surface area contributed by atoms with E-state index in [1.807, 2.05) is 12.1 Å². The van der Waals surface area contributed by atoms with Crippen molar-refractivity contribution in [2.45, 2.75) is 123 Å². The van der Waals surface area contributed by atoms with Gasteiger partial charge in [-0.25, -0.2) is 9.18 Å². The average Bonchev–Trinajstić information content (AvgIpc) is 2.94. The smallest absolute Gasteiger partial charge is 0.341 e. The van der Waals surface area contributed by atoms with Gasteiger partial charge in [0.2, 0.25) is 0 Å². The highest BCUT2D eigenvalue weighted by atomic mass is 19.1. The molecule has 0 unspecified atom stereocenters. The van der Waals surface area contributed by atoms with Gasteiger partial charge in [0.05, 0.1) is 17.0 Å². The molecule has 0 radical (unpaired) electrons. The van der Waals surface area contributed by atoms with Crippen molar-refractivity contribution in [3.63, 3.8) is 0 Å². The molecule has 2 aromatic rings. The number of aryl methyl sites for hydroxylation is 1. The lowest BCUT2D eigenvalue weighted by molar-refractivity contribution is 0.0100. The molecule has 1 saturated carbocycles. The molecule has 1 aliphatic carbocycles. The van der Waals surface area contributed by atoms with E-state index >= 15 is 0 Å². The Morgan fingerprint density at radius 2 is 1.50 bits per heavy atom. The van der Waals surface area contributed by atoms with Gasteiger partial charge in [-0.05, 0) is 73.8 Å². The minimum absolute atomic E-state index is 0.0227. The topological polar surface area (TPSA) is 50.1 Å². The van der Waals surface area contributed by atoms with Crippen LogP contribution >= 0.6 is 0 Å². The van der Waals surface area contributed by atoms with Crippen LogP contribution < -0.4 is 0 Å². The molecule has 0 atom stereocenters. The Kier molecular flexibility index (Phi) is 12.3. The van der Waals surface area contributed by atoms with Crippen LogP contribution in [-0.4, -0.2) is 12.1 Å². The van der Waals surface area contributed by atoms with E-state index in [4.69, 9.17) is 4.74 Å². The summed E-state index contributed by atoms with van der Waals surface area (Å²) in [4.78, 5) is 12.8. The standard InChI is InChI=1S/C34H46FNO2/c1-3-5-7-9-11-13-27-14-16-28(17-15-27)29-18-19-31(32(35)25-29)33(37)38-30-20-23-34(26-36,24-21-30)22-12-10-8-6-4-2/h14-19,25,30H,3-13,20-24H2,1-2H3. The second-order valence-corrected chi connectivity index (χ2v) is 11.2. The van der Waals surface area contributed by atoms with E-state index in [2.05, 4.69) is 32.0 Å². The zero-order valence-corrected chi connectivity index (χ0v) is 23.6. The quantitative estimate of drug-likeness (QED) is 0.174. The highest BCUT2D eigenvalue weighted by Gasteiger charge is 2.36. The molecule has 4 heteroatoms. The molecule has 0 aromatic heterocycles. The Hall–Kier alpha value is -2.67. The lowest BCUT2D eigenvalue weighted by atomic mass is 9.71. The van der Waals surface area contributed by atoms with Gasteiger partial charge in [-0.3, -0.25) is 0 Å². The average molecular weight is 520 g/mol. The van der Waals surface area contributed by atoms with Gasteiger partial charge in [0, 0.05) is 0 Å². The number of carbonyl (C=O) groups excluding carboxylic acids is 1. The van der Waals surface area contributed by atoms with E-state index in [9.17, 15) is 14.4 Å². The van der Waals surface area contributed by atoms with Crippen molar-refractivity contribution >= 4 is 5.97 Å². The Bertz CT molecular complexity index is 1030. The Labute approximate surface area is 229 Å². The summed E-state index contributed by atoms with van der Waals surface area (Å²) in [5.41, 5.74) is 2.67. The maximum absolute atomic E-state index is 14.9. The SMILES string of the molecule is CCCCCCCc1ccc(-c2ccc(C(=O)OC3CCC(C#N)(CCCCCCC)CC3)c(F)c2)cc1. The largest absolute Gasteiger partial charge is 0.459 e. The summed E-state index contributed by atoms with van der Waals surface area (Å²) in [5.74, 6) is -1.16. The first-order chi connectivity index (χ1) is 18.5. The predicted octanol–water partition coefficient (Wildman–Crippen LogP) is 9.98. The highest BCUT2D eigenvalue weighted by Crippen LogP contribution is 2.41.